The quantitative estimate of drug-likeness (QED) is 0.592. The SMILES string of the molecule is Cc1ccc2cnc(-n3ccnc3)nn12. The van der Waals surface area contributed by atoms with Crippen LogP contribution in [0.5, 0.6) is 0 Å². The lowest BCUT2D eigenvalue weighted by molar-refractivity contribution is 0.804. The summed E-state index contributed by atoms with van der Waals surface area (Å²) in [6.07, 6.45) is 7.01. The Labute approximate surface area is 86.0 Å². The van der Waals surface area contributed by atoms with Gasteiger partial charge in [0.2, 0.25) is 0 Å². The molecule has 3 aromatic rings. The summed E-state index contributed by atoms with van der Waals surface area (Å²) in [6.45, 7) is 2.01. The second-order valence-electron chi connectivity index (χ2n) is 3.34. The molecule has 3 rings (SSSR count). The number of aryl methyl sites for hydroxylation is 1. The van der Waals surface area contributed by atoms with Crippen molar-refractivity contribution in [2.45, 2.75) is 6.92 Å². The van der Waals surface area contributed by atoms with Crippen LogP contribution in [0.1, 0.15) is 5.69 Å². The molecular weight excluding hydrogens is 190 g/mol. The zero-order valence-corrected chi connectivity index (χ0v) is 8.20. The maximum Gasteiger partial charge on any atom is 0.253 e. The van der Waals surface area contributed by atoms with Gasteiger partial charge in [-0.25, -0.2) is 14.5 Å². The molecule has 0 fully saturated rings. The van der Waals surface area contributed by atoms with E-state index in [-0.39, 0.29) is 0 Å². The summed E-state index contributed by atoms with van der Waals surface area (Å²) in [5, 5.41) is 4.41. The highest BCUT2D eigenvalue weighted by Gasteiger charge is 2.02. The highest BCUT2D eigenvalue weighted by molar-refractivity contribution is 5.46. The van der Waals surface area contributed by atoms with E-state index in [1.807, 2.05) is 29.8 Å². The lowest BCUT2D eigenvalue weighted by Gasteiger charge is -2.01. The number of fused-ring (bicyclic) bond motifs is 1. The van der Waals surface area contributed by atoms with Crippen molar-refractivity contribution in [2.75, 3.05) is 0 Å². The van der Waals surface area contributed by atoms with E-state index in [1.165, 1.54) is 0 Å². The van der Waals surface area contributed by atoms with Gasteiger partial charge >= 0.3 is 0 Å². The molecule has 0 aliphatic carbocycles. The molecule has 0 unspecified atom stereocenters. The third kappa shape index (κ3) is 1.20. The van der Waals surface area contributed by atoms with Gasteiger partial charge in [-0.1, -0.05) is 0 Å². The minimum Gasteiger partial charge on any atom is -0.273 e. The van der Waals surface area contributed by atoms with Crippen molar-refractivity contribution in [1.82, 2.24) is 24.1 Å². The summed E-state index contributed by atoms with van der Waals surface area (Å²) in [6, 6.07) is 4.01. The van der Waals surface area contributed by atoms with Gasteiger partial charge in [0.05, 0.1) is 11.7 Å². The van der Waals surface area contributed by atoms with E-state index in [4.69, 9.17) is 0 Å². The lowest BCUT2D eigenvalue weighted by atomic mass is 10.5. The third-order valence-electron chi connectivity index (χ3n) is 2.31. The van der Waals surface area contributed by atoms with E-state index in [1.54, 1.807) is 23.3 Å². The summed E-state index contributed by atoms with van der Waals surface area (Å²) in [5.41, 5.74) is 2.09. The van der Waals surface area contributed by atoms with Crippen molar-refractivity contribution in [3.05, 3.63) is 42.7 Å². The highest BCUT2D eigenvalue weighted by atomic mass is 15.3. The molecule has 0 aromatic carbocycles. The smallest absolute Gasteiger partial charge is 0.253 e. The molecule has 3 heterocycles. The van der Waals surface area contributed by atoms with Crippen LogP contribution >= 0.6 is 0 Å². The molecule has 0 aliphatic heterocycles. The van der Waals surface area contributed by atoms with Crippen LogP contribution in [0.25, 0.3) is 11.5 Å². The van der Waals surface area contributed by atoms with Gasteiger partial charge in [0.15, 0.2) is 0 Å². The van der Waals surface area contributed by atoms with E-state index < -0.39 is 0 Å². The standard InChI is InChI=1S/C10H9N5/c1-8-2-3-9-6-12-10(13-15(8)9)14-5-4-11-7-14/h2-7H,1H3. The first kappa shape index (κ1) is 8.16. The predicted octanol–water partition coefficient (Wildman–Crippen LogP) is 1.22. The van der Waals surface area contributed by atoms with Crippen LogP contribution in [0, 0.1) is 6.92 Å². The summed E-state index contributed by atoms with van der Waals surface area (Å²) >= 11 is 0. The Bertz CT molecular complexity index is 593. The largest absolute Gasteiger partial charge is 0.273 e. The van der Waals surface area contributed by atoms with E-state index in [0.29, 0.717) is 5.95 Å². The van der Waals surface area contributed by atoms with Crippen molar-refractivity contribution in [3.63, 3.8) is 0 Å². The van der Waals surface area contributed by atoms with Gasteiger partial charge in [-0.15, -0.1) is 5.10 Å². The monoisotopic (exact) mass is 199 g/mol. The van der Waals surface area contributed by atoms with Crippen LogP contribution < -0.4 is 0 Å². The van der Waals surface area contributed by atoms with Crippen LogP contribution in [0.4, 0.5) is 0 Å². The Morgan fingerprint density at radius 2 is 2.20 bits per heavy atom. The number of rotatable bonds is 1. The Balaban J connectivity index is 2.25. The Kier molecular flexibility index (Phi) is 1.58. The Morgan fingerprint density at radius 3 is 3.00 bits per heavy atom. The molecule has 0 atom stereocenters. The zero-order chi connectivity index (χ0) is 10.3. The molecule has 15 heavy (non-hydrogen) atoms. The molecule has 0 radical (unpaired) electrons. The van der Waals surface area contributed by atoms with Gasteiger partial charge in [-0.3, -0.25) is 4.57 Å². The van der Waals surface area contributed by atoms with E-state index in [9.17, 15) is 0 Å². The fourth-order valence-electron chi connectivity index (χ4n) is 1.52. The van der Waals surface area contributed by atoms with Crippen molar-refractivity contribution in [1.29, 1.82) is 0 Å². The predicted molar refractivity (Wildman–Crippen MR) is 54.8 cm³/mol. The summed E-state index contributed by atoms with van der Waals surface area (Å²) in [4.78, 5) is 8.22. The number of nitrogens with zero attached hydrogens (tertiary/aromatic N) is 5. The minimum absolute atomic E-state index is 0.624. The highest BCUT2D eigenvalue weighted by Crippen LogP contribution is 2.07. The Hall–Kier alpha value is -2.17. The zero-order valence-electron chi connectivity index (χ0n) is 8.20. The van der Waals surface area contributed by atoms with Gasteiger partial charge in [-0.05, 0) is 19.1 Å². The molecule has 0 amide bonds. The number of hydrogen-bond donors (Lipinski definition) is 0. The van der Waals surface area contributed by atoms with Crippen molar-refractivity contribution < 1.29 is 0 Å². The van der Waals surface area contributed by atoms with Crippen molar-refractivity contribution in [3.8, 4) is 5.95 Å². The number of aromatic nitrogens is 5. The second kappa shape index (κ2) is 2.91. The number of hydrogen-bond acceptors (Lipinski definition) is 3. The lowest BCUT2D eigenvalue weighted by Crippen LogP contribution is -2.04. The first-order chi connectivity index (χ1) is 7.34. The summed E-state index contributed by atoms with van der Waals surface area (Å²) < 4.78 is 3.64. The second-order valence-corrected chi connectivity index (χ2v) is 3.34. The average Bonchev–Trinajstić information content (AvgIpc) is 2.88. The Morgan fingerprint density at radius 1 is 1.27 bits per heavy atom. The molecule has 0 spiro atoms. The maximum atomic E-state index is 4.41. The van der Waals surface area contributed by atoms with Crippen LogP contribution in [0.2, 0.25) is 0 Å². The molecule has 0 aliphatic rings. The summed E-state index contributed by atoms with van der Waals surface area (Å²) in [7, 11) is 0. The van der Waals surface area contributed by atoms with Gasteiger partial charge in [-0.2, -0.15) is 0 Å². The molecule has 0 bridgehead atoms. The van der Waals surface area contributed by atoms with Crippen LogP contribution in [0.15, 0.2) is 37.1 Å². The molecule has 0 saturated heterocycles. The van der Waals surface area contributed by atoms with Crippen molar-refractivity contribution in [2.24, 2.45) is 0 Å². The average molecular weight is 199 g/mol. The van der Waals surface area contributed by atoms with Gasteiger partial charge in [0, 0.05) is 18.1 Å². The first-order valence-electron chi connectivity index (χ1n) is 4.64. The molecule has 5 heteroatoms. The fraction of sp³-hybridized carbons (Fsp3) is 0.100. The van der Waals surface area contributed by atoms with Crippen LogP contribution in [-0.2, 0) is 0 Å². The summed E-state index contributed by atoms with van der Waals surface area (Å²) in [5.74, 6) is 0.624. The fourth-order valence-corrected chi connectivity index (χ4v) is 1.52. The van der Waals surface area contributed by atoms with Gasteiger partial charge in [0.25, 0.3) is 5.95 Å². The normalized spacial score (nSPS) is 11.0. The van der Waals surface area contributed by atoms with E-state index >= 15 is 0 Å². The third-order valence-corrected chi connectivity index (χ3v) is 2.31. The van der Waals surface area contributed by atoms with Gasteiger partial charge < -0.3 is 0 Å². The van der Waals surface area contributed by atoms with Crippen molar-refractivity contribution >= 4 is 5.52 Å². The molecule has 0 N–H and O–H groups in total. The topological polar surface area (TPSA) is 48.0 Å². The maximum absolute atomic E-state index is 4.41. The van der Waals surface area contributed by atoms with E-state index in [2.05, 4.69) is 15.1 Å². The van der Waals surface area contributed by atoms with Crippen LogP contribution in [-0.4, -0.2) is 24.1 Å². The molecule has 5 nitrogen and oxygen atoms in total. The van der Waals surface area contributed by atoms with Gasteiger partial charge in [0.1, 0.15) is 6.33 Å². The molecular formula is C10H9N5. The minimum atomic E-state index is 0.624. The molecule has 74 valence electrons. The van der Waals surface area contributed by atoms with Crippen LogP contribution in [0.3, 0.4) is 0 Å². The molecule has 3 aromatic heterocycles. The van der Waals surface area contributed by atoms with E-state index in [0.717, 1.165) is 11.2 Å². The molecule has 0 saturated carbocycles. The first-order valence-corrected chi connectivity index (χ1v) is 4.64. The number of imidazole rings is 1.